The summed E-state index contributed by atoms with van der Waals surface area (Å²) in [5.41, 5.74) is 5.46. The zero-order chi connectivity index (χ0) is 11.4. The van der Waals surface area contributed by atoms with Crippen molar-refractivity contribution in [3.8, 4) is 0 Å². The number of amides is 1. The lowest BCUT2D eigenvalue weighted by molar-refractivity contribution is -0.117. The molecule has 0 aliphatic carbocycles. The van der Waals surface area contributed by atoms with Gasteiger partial charge in [0.05, 0.1) is 12.2 Å². The van der Waals surface area contributed by atoms with Gasteiger partial charge in [-0.25, -0.2) is 4.68 Å². The van der Waals surface area contributed by atoms with E-state index in [4.69, 9.17) is 5.73 Å². The second-order valence-corrected chi connectivity index (χ2v) is 4.07. The van der Waals surface area contributed by atoms with Gasteiger partial charge in [-0.3, -0.25) is 4.79 Å². The van der Waals surface area contributed by atoms with E-state index in [9.17, 15) is 4.79 Å². The van der Waals surface area contributed by atoms with Gasteiger partial charge in [0.25, 0.3) is 0 Å². The molecule has 3 N–H and O–H groups in total. The van der Waals surface area contributed by atoms with Crippen LogP contribution in [0.3, 0.4) is 0 Å². The van der Waals surface area contributed by atoms with Crippen LogP contribution in [0.2, 0.25) is 0 Å². The fourth-order valence-electron chi connectivity index (χ4n) is 1.17. The number of nitrogens with one attached hydrogen (secondary N) is 1. The van der Waals surface area contributed by atoms with Crippen LogP contribution >= 0.6 is 0 Å². The average Bonchev–Trinajstić information content (AvgIpc) is 2.51. The maximum atomic E-state index is 11.4. The van der Waals surface area contributed by atoms with E-state index in [0.29, 0.717) is 11.7 Å². The van der Waals surface area contributed by atoms with Gasteiger partial charge in [-0.15, -0.1) is 0 Å². The average molecular weight is 210 g/mol. The summed E-state index contributed by atoms with van der Waals surface area (Å²) in [7, 11) is 0. The molecule has 0 aliphatic rings. The molecule has 0 aliphatic heterocycles. The largest absolute Gasteiger partial charge is 0.320 e. The van der Waals surface area contributed by atoms with Crippen LogP contribution in [0, 0.1) is 5.92 Å². The molecule has 0 aromatic carbocycles. The molecule has 0 unspecified atom stereocenters. The second kappa shape index (κ2) is 4.93. The van der Waals surface area contributed by atoms with Crippen LogP contribution in [-0.2, 0) is 11.3 Å². The van der Waals surface area contributed by atoms with Crippen molar-refractivity contribution >= 4 is 11.7 Å². The van der Waals surface area contributed by atoms with E-state index in [0.717, 1.165) is 6.54 Å². The van der Waals surface area contributed by atoms with Crippen molar-refractivity contribution in [2.75, 3.05) is 5.32 Å². The summed E-state index contributed by atoms with van der Waals surface area (Å²) in [5.74, 6) is 0.988. The third-order valence-electron chi connectivity index (χ3n) is 1.92. The minimum atomic E-state index is -0.507. The van der Waals surface area contributed by atoms with Crippen LogP contribution < -0.4 is 11.1 Å². The molecular formula is C10H18N4O. The van der Waals surface area contributed by atoms with Gasteiger partial charge in [0.15, 0.2) is 0 Å². The van der Waals surface area contributed by atoms with Crippen molar-refractivity contribution in [3.63, 3.8) is 0 Å². The van der Waals surface area contributed by atoms with Gasteiger partial charge in [0, 0.05) is 12.6 Å². The van der Waals surface area contributed by atoms with Crippen LogP contribution in [0.15, 0.2) is 12.3 Å². The summed E-state index contributed by atoms with van der Waals surface area (Å²) in [6.45, 7) is 6.62. The van der Waals surface area contributed by atoms with Gasteiger partial charge in [-0.1, -0.05) is 13.8 Å². The molecule has 0 fully saturated rings. The van der Waals surface area contributed by atoms with Crippen molar-refractivity contribution in [2.24, 2.45) is 11.7 Å². The molecule has 0 spiro atoms. The Morgan fingerprint density at radius 2 is 2.27 bits per heavy atom. The summed E-state index contributed by atoms with van der Waals surface area (Å²) in [4.78, 5) is 11.4. The fraction of sp³-hybridized carbons (Fsp3) is 0.600. The first-order chi connectivity index (χ1) is 7.00. The molecule has 84 valence electrons. The Morgan fingerprint density at radius 3 is 2.80 bits per heavy atom. The molecule has 0 saturated carbocycles. The standard InChI is InChI=1S/C10H18N4O/c1-7(2)6-14-9(4-5-12-14)13-10(15)8(3)11/h4-5,7-8H,6,11H2,1-3H3,(H,13,15)/t8-/m1/s1. The maximum absolute atomic E-state index is 11.4. The lowest BCUT2D eigenvalue weighted by Crippen LogP contribution is -2.33. The summed E-state index contributed by atoms with van der Waals surface area (Å²) >= 11 is 0. The lowest BCUT2D eigenvalue weighted by Gasteiger charge is -2.11. The van der Waals surface area contributed by atoms with Gasteiger partial charge in [-0.05, 0) is 12.8 Å². The highest BCUT2D eigenvalue weighted by Gasteiger charge is 2.11. The fourth-order valence-corrected chi connectivity index (χ4v) is 1.17. The van der Waals surface area contributed by atoms with Crippen molar-refractivity contribution < 1.29 is 4.79 Å². The number of hydrogen-bond acceptors (Lipinski definition) is 3. The Bertz CT molecular complexity index is 330. The predicted octanol–water partition coefficient (Wildman–Crippen LogP) is 0.825. The monoisotopic (exact) mass is 210 g/mol. The first kappa shape index (κ1) is 11.7. The molecule has 1 heterocycles. The van der Waals surface area contributed by atoms with Crippen LogP contribution in [0.25, 0.3) is 0 Å². The van der Waals surface area contributed by atoms with Crippen LogP contribution in [0.1, 0.15) is 20.8 Å². The Hall–Kier alpha value is -1.36. The number of rotatable bonds is 4. The molecule has 1 aromatic heterocycles. The third kappa shape index (κ3) is 3.36. The maximum Gasteiger partial charge on any atom is 0.242 e. The van der Waals surface area contributed by atoms with Crippen molar-refractivity contribution in [2.45, 2.75) is 33.4 Å². The summed E-state index contributed by atoms with van der Waals surface area (Å²) in [6.07, 6.45) is 1.67. The third-order valence-corrected chi connectivity index (χ3v) is 1.92. The molecule has 1 rings (SSSR count). The molecule has 0 bridgehead atoms. The van der Waals surface area contributed by atoms with Crippen LogP contribution in [0.4, 0.5) is 5.82 Å². The quantitative estimate of drug-likeness (QED) is 0.773. The van der Waals surface area contributed by atoms with E-state index in [1.165, 1.54) is 0 Å². The van der Waals surface area contributed by atoms with E-state index in [2.05, 4.69) is 24.3 Å². The zero-order valence-electron chi connectivity index (χ0n) is 9.40. The number of nitrogens with two attached hydrogens (primary N) is 1. The summed E-state index contributed by atoms with van der Waals surface area (Å²) in [5, 5.41) is 6.86. The van der Waals surface area contributed by atoms with Crippen molar-refractivity contribution in [1.29, 1.82) is 0 Å². The van der Waals surface area contributed by atoms with Gasteiger partial charge >= 0.3 is 0 Å². The number of aromatic nitrogens is 2. The van der Waals surface area contributed by atoms with E-state index in [1.807, 2.05) is 0 Å². The molecule has 5 nitrogen and oxygen atoms in total. The van der Waals surface area contributed by atoms with Crippen molar-refractivity contribution in [3.05, 3.63) is 12.3 Å². The van der Waals surface area contributed by atoms with Gasteiger partial charge in [-0.2, -0.15) is 5.10 Å². The topological polar surface area (TPSA) is 72.9 Å². The minimum Gasteiger partial charge on any atom is -0.320 e. The highest BCUT2D eigenvalue weighted by atomic mass is 16.2. The highest BCUT2D eigenvalue weighted by molar-refractivity contribution is 5.93. The predicted molar refractivity (Wildman–Crippen MR) is 59.3 cm³/mol. The summed E-state index contributed by atoms with van der Waals surface area (Å²) in [6, 6.07) is 1.26. The molecule has 1 aromatic rings. The molecule has 0 saturated heterocycles. The molecule has 1 atom stereocenters. The Labute approximate surface area is 89.6 Å². The first-order valence-corrected chi connectivity index (χ1v) is 5.09. The number of anilines is 1. The number of nitrogens with zero attached hydrogens (tertiary/aromatic N) is 2. The highest BCUT2D eigenvalue weighted by Crippen LogP contribution is 2.09. The Morgan fingerprint density at radius 1 is 1.60 bits per heavy atom. The number of hydrogen-bond donors (Lipinski definition) is 2. The number of carbonyl (C=O) groups excluding carboxylic acids is 1. The van der Waals surface area contributed by atoms with E-state index < -0.39 is 6.04 Å². The van der Waals surface area contributed by atoms with E-state index in [-0.39, 0.29) is 5.91 Å². The summed E-state index contributed by atoms with van der Waals surface area (Å²) < 4.78 is 1.77. The SMILES string of the molecule is CC(C)Cn1nccc1NC(=O)[C@@H](C)N. The Balaban J connectivity index is 2.69. The smallest absolute Gasteiger partial charge is 0.242 e. The minimum absolute atomic E-state index is 0.194. The first-order valence-electron chi connectivity index (χ1n) is 5.09. The van der Waals surface area contributed by atoms with Gasteiger partial charge in [0.2, 0.25) is 5.91 Å². The second-order valence-electron chi connectivity index (χ2n) is 4.07. The van der Waals surface area contributed by atoms with Crippen molar-refractivity contribution in [1.82, 2.24) is 9.78 Å². The molecule has 1 amide bonds. The zero-order valence-corrected chi connectivity index (χ0v) is 9.40. The van der Waals surface area contributed by atoms with Gasteiger partial charge in [0.1, 0.15) is 5.82 Å². The molecule has 5 heteroatoms. The van der Waals surface area contributed by atoms with Crippen LogP contribution in [0.5, 0.6) is 0 Å². The molecule has 0 radical (unpaired) electrons. The molecule has 15 heavy (non-hydrogen) atoms. The number of carbonyl (C=O) groups is 1. The van der Waals surface area contributed by atoms with E-state index >= 15 is 0 Å². The Kier molecular flexibility index (Phi) is 3.85. The van der Waals surface area contributed by atoms with E-state index in [1.54, 1.807) is 23.9 Å². The normalized spacial score (nSPS) is 12.9. The van der Waals surface area contributed by atoms with Gasteiger partial charge < -0.3 is 11.1 Å². The molecular weight excluding hydrogens is 192 g/mol. The van der Waals surface area contributed by atoms with Crippen LogP contribution in [-0.4, -0.2) is 21.7 Å². The lowest BCUT2D eigenvalue weighted by atomic mass is 10.2.